The Bertz CT molecular complexity index is 992. The van der Waals surface area contributed by atoms with Gasteiger partial charge in [-0.25, -0.2) is 4.98 Å². The zero-order valence-electron chi connectivity index (χ0n) is 16.0. The average Bonchev–Trinajstić information content (AvgIpc) is 3.16. The Morgan fingerprint density at radius 3 is 2.75 bits per heavy atom. The van der Waals surface area contributed by atoms with E-state index in [1.807, 2.05) is 28.8 Å². The number of ether oxygens (including phenoxy) is 3. The second kappa shape index (κ2) is 7.90. The van der Waals surface area contributed by atoms with Crippen molar-refractivity contribution in [3.05, 3.63) is 54.0 Å². The molecule has 0 radical (unpaired) electrons. The Labute approximate surface area is 163 Å². The average molecular weight is 381 g/mol. The molecular weight excluding hydrogens is 358 g/mol. The van der Waals surface area contributed by atoms with Gasteiger partial charge in [0.1, 0.15) is 17.1 Å². The Hall–Kier alpha value is -3.06. The van der Waals surface area contributed by atoms with Crippen LogP contribution in [-0.2, 0) is 4.74 Å². The van der Waals surface area contributed by atoms with Crippen LogP contribution in [0.4, 0.5) is 5.69 Å². The lowest BCUT2D eigenvalue weighted by molar-refractivity contribution is 0.0846. The van der Waals surface area contributed by atoms with Gasteiger partial charge in [0.25, 0.3) is 5.91 Å². The molecule has 0 unspecified atom stereocenters. The van der Waals surface area contributed by atoms with Gasteiger partial charge in [0.2, 0.25) is 0 Å². The lowest BCUT2D eigenvalue weighted by Gasteiger charge is -2.19. The molecule has 7 nitrogen and oxygen atoms in total. The summed E-state index contributed by atoms with van der Waals surface area (Å²) in [5.74, 6) is 1.29. The van der Waals surface area contributed by atoms with Gasteiger partial charge < -0.3 is 23.9 Å². The molecule has 7 heteroatoms. The van der Waals surface area contributed by atoms with Crippen molar-refractivity contribution in [1.82, 2.24) is 9.38 Å². The van der Waals surface area contributed by atoms with Crippen molar-refractivity contribution in [3.8, 4) is 11.5 Å². The Balaban J connectivity index is 1.64. The van der Waals surface area contributed by atoms with Gasteiger partial charge in [-0.3, -0.25) is 4.79 Å². The Morgan fingerprint density at radius 1 is 1.18 bits per heavy atom. The first kappa shape index (κ1) is 18.3. The van der Waals surface area contributed by atoms with Crippen LogP contribution in [-0.4, -0.2) is 42.7 Å². The molecule has 1 saturated heterocycles. The number of amides is 1. The van der Waals surface area contributed by atoms with Crippen molar-refractivity contribution in [2.45, 2.75) is 18.8 Å². The number of aromatic nitrogens is 2. The van der Waals surface area contributed by atoms with Gasteiger partial charge >= 0.3 is 0 Å². The van der Waals surface area contributed by atoms with Crippen LogP contribution in [0.2, 0.25) is 0 Å². The topological polar surface area (TPSA) is 74.1 Å². The molecule has 1 fully saturated rings. The third-order valence-corrected chi connectivity index (χ3v) is 5.01. The number of fused-ring (bicyclic) bond motifs is 1. The number of carbonyl (C=O) groups excluding carboxylic acids is 1. The van der Waals surface area contributed by atoms with E-state index in [-0.39, 0.29) is 5.91 Å². The summed E-state index contributed by atoms with van der Waals surface area (Å²) in [6.07, 6.45) is 5.68. The lowest BCUT2D eigenvalue weighted by Crippen LogP contribution is -2.14. The summed E-state index contributed by atoms with van der Waals surface area (Å²) < 4.78 is 18.0. The van der Waals surface area contributed by atoms with Crippen molar-refractivity contribution in [2.24, 2.45) is 0 Å². The summed E-state index contributed by atoms with van der Waals surface area (Å²) >= 11 is 0. The molecule has 0 bridgehead atoms. The molecule has 0 atom stereocenters. The van der Waals surface area contributed by atoms with Gasteiger partial charge in [-0.1, -0.05) is 6.07 Å². The van der Waals surface area contributed by atoms with E-state index in [2.05, 4.69) is 5.32 Å². The molecule has 146 valence electrons. The first-order chi connectivity index (χ1) is 13.7. The molecule has 0 spiro atoms. The van der Waals surface area contributed by atoms with Crippen LogP contribution in [0, 0.1) is 0 Å². The van der Waals surface area contributed by atoms with Gasteiger partial charge in [-0.2, -0.15) is 0 Å². The number of hydrogen-bond acceptors (Lipinski definition) is 5. The second-order valence-corrected chi connectivity index (χ2v) is 6.76. The summed E-state index contributed by atoms with van der Waals surface area (Å²) in [6.45, 7) is 1.52. The van der Waals surface area contributed by atoms with Crippen LogP contribution in [0.15, 0.2) is 42.7 Å². The van der Waals surface area contributed by atoms with Crippen molar-refractivity contribution in [3.63, 3.8) is 0 Å². The highest BCUT2D eigenvalue weighted by Crippen LogP contribution is 2.29. The van der Waals surface area contributed by atoms with E-state index in [9.17, 15) is 4.79 Å². The van der Waals surface area contributed by atoms with Crippen molar-refractivity contribution in [2.75, 3.05) is 32.8 Å². The number of nitrogens with zero attached hydrogens (tertiary/aromatic N) is 2. The van der Waals surface area contributed by atoms with Gasteiger partial charge in [0.05, 0.1) is 25.5 Å². The number of hydrogen-bond donors (Lipinski definition) is 1. The first-order valence-corrected chi connectivity index (χ1v) is 9.27. The summed E-state index contributed by atoms with van der Waals surface area (Å²) in [7, 11) is 3.14. The largest absolute Gasteiger partial charge is 0.497 e. The van der Waals surface area contributed by atoms with Gasteiger partial charge in [0.15, 0.2) is 0 Å². The summed E-state index contributed by atoms with van der Waals surface area (Å²) in [6, 6.07) is 9.02. The quantitative estimate of drug-likeness (QED) is 0.732. The van der Waals surface area contributed by atoms with E-state index < -0.39 is 0 Å². The van der Waals surface area contributed by atoms with E-state index in [1.165, 1.54) is 0 Å². The third-order valence-electron chi connectivity index (χ3n) is 5.01. The van der Waals surface area contributed by atoms with Crippen LogP contribution in [0.1, 0.15) is 34.8 Å². The predicted octanol–water partition coefficient (Wildman–Crippen LogP) is 3.50. The number of nitrogens with one attached hydrogen (secondary N) is 1. The molecule has 1 aliphatic heterocycles. The highest BCUT2D eigenvalue weighted by Gasteiger charge is 2.21. The normalized spacial score (nSPS) is 14.8. The smallest absolute Gasteiger partial charge is 0.260 e. The number of benzene rings is 1. The fourth-order valence-electron chi connectivity index (χ4n) is 3.46. The minimum absolute atomic E-state index is 0.256. The number of anilines is 1. The number of carbonyl (C=O) groups is 1. The number of pyridine rings is 1. The first-order valence-electron chi connectivity index (χ1n) is 9.27. The SMILES string of the molecule is COc1cccc(NC(=O)c2cn3cc(C4CCOCC4)nc3cc2OC)c1. The fraction of sp³-hybridized carbons (Fsp3) is 0.333. The Morgan fingerprint density at radius 2 is 2.00 bits per heavy atom. The standard InChI is InChI=1S/C21H23N3O4/c1-26-16-5-3-4-15(10-16)22-21(25)17-12-24-13-18(14-6-8-28-9-7-14)23-20(24)11-19(17)27-2/h3-5,10-14H,6-9H2,1-2H3,(H,22,25). The predicted molar refractivity (Wildman–Crippen MR) is 105 cm³/mol. The van der Waals surface area contributed by atoms with Crippen molar-refractivity contribution >= 4 is 17.2 Å². The molecule has 1 amide bonds. The Kier molecular flexibility index (Phi) is 5.16. The lowest BCUT2D eigenvalue weighted by atomic mass is 9.97. The molecule has 3 heterocycles. The van der Waals surface area contributed by atoms with E-state index in [0.29, 0.717) is 28.7 Å². The van der Waals surface area contributed by atoms with Gasteiger partial charge in [0, 0.05) is 49.3 Å². The molecule has 1 aliphatic rings. The van der Waals surface area contributed by atoms with Gasteiger partial charge in [-0.15, -0.1) is 0 Å². The molecule has 4 rings (SSSR count). The molecule has 0 saturated carbocycles. The highest BCUT2D eigenvalue weighted by molar-refractivity contribution is 6.06. The maximum Gasteiger partial charge on any atom is 0.260 e. The molecule has 2 aromatic heterocycles. The maximum atomic E-state index is 12.9. The zero-order valence-corrected chi connectivity index (χ0v) is 16.0. The van der Waals surface area contributed by atoms with Crippen molar-refractivity contribution < 1.29 is 19.0 Å². The third kappa shape index (κ3) is 3.66. The van der Waals surface area contributed by atoms with Crippen LogP contribution < -0.4 is 14.8 Å². The molecule has 0 aliphatic carbocycles. The molecule has 28 heavy (non-hydrogen) atoms. The van der Waals surface area contributed by atoms with Crippen LogP contribution in [0.25, 0.3) is 5.65 Å². The van der Waals surface area contributed by atoms with Crippen LogP contribution >= 0.6 is 0 Å². The minimum Gasteiger partial charge on any atom is -0.497 e. The highest BCUT2D eigenvalue weighted by atomic mass is 16.5. The maximum absolute atomic E-state index is 12.9. The molecule has 3 aromatic rings. The minimum atomic E-state index is -0.256. The fourth-order valence-corrected chi connectivity index (χ4v) is 3.46. The number of methoxy groups -OCH3 is 2. The summed E-state index contributed by atoms with van der Waals surface area (Å²) in [5, 5.41) is 2.89. The van der Waals surface area contributed by atoms with Crippen LogP contribution in [0.3, 0.4) is 0 Å². The van der Waals surface area contributed by atoms with Crippen LogP contribution in [0.5, 0.6) is 11.5 Å². The number of rotatable bonds is 5. The van der Waals surface area contributed by atoms with Gasteiger partial charge in [-0.05, 0) is 25.0 Å². The van der Waals surface area contributed by atoms with Crippen molar-refractivity contribution in [1.29, 1.82) is 0 Å². The van der Waals surface area contributed by atoms with E-state index >= 15 is 0 Å². The molecule has 1 N–H and O–H groups in total. The summed E-state index contributed by atoms with van der Waals surface area (Å²) in [4.78, 5) is 17.6. The van der Waals surface area contributed by atoms with E-state index in [1.54, 1.807) is 32.5 Å². The second-order valence-electron chi connectivity index (χ2n) is 6.76. The number of imidazole rings is 1. The monoisotopic (exact) mass is 381 g/mol. The zero-order chi connectivity index (χ0) is 19.5. The summed E-state index contributed by atoms with van der Waals surface area (Å²) in [5.41, 5.74) is 2.88. The van der Waals surface area contributed by atoms with E-state index in [0.717, 1.165) is 37.4 Å². The molecule has 1 aromatic carbocycles. The van der Waals surface area contributed by atoms with E-state index in [4.69, 9.17) is 19.2 Å². The molecular formula is C21H23N3O4.